The van der Waals surface area contributed by atoms with Gasteiger partial charge in [-0.3, -0.25) is 9.59 Å². The Morgan fingerprint density at radius 2 is 1.75 bits per heavy atom. The molecule has 134 valence electrons. The fourth-order valence-electron chi connectivity index (χ4n) is 1.81. The Morgan fingerprint density at radius 1 is 1.17 bits per heavy atom. The van der Waals surface area contributed by atoms with Gasteiger partial charge in [-0.15, -0.1) is 0 Å². The second-order valence-corrected chi connectivity index (χ2v) is 6.49. The van der Waals surface area contributed by atoms with Crippen molar-refractivity contribution in [2.45, 2.75) is 33.5 Å². The van der Waals surface area contributed by atoms with E-state index in [-0.39, 0.29) is 24.6 Å². The highest BCUT2D eigenvalue weighted by Gasteiger charge is 2.34. The van der Waals surface area contributed by atoms with Crippen LogP contribution in [0.4, 0.5) is 17.6 Å². The van der Waals surface area contributed by atoms with Crippen LogP contribution < -0.4 is 5.32 Å². The minimum absolute atomic E-state index is 0.131. The van der Waals surface area contributed by atoms with E-state index in [9.17, 15) is 27.2 Å². The normalized spacial score (nSPS) is 12.0. The summed E-state index contributed by atoms with van der Waals surface area (Å²) in [4.78, 5) is 24.8. The Balaban J connectivity index is 2.73. The van der Waals surface area contributed by atoms with Gasteiger partial charge in [0.05, 0.1) is 12.1 Å². The number of carbonyl (C=O) groups excluding carboxylic acids is 2. The molecule has 2 amide bonds. The highest BCUT2D eigenvalue weighted by atomic mass is 19.4. The van der Waals surface area contributed by atoms with Gasteiger partial charge < -0.3 is 10.2 Å². The molecule has 0 heterocycles. The van der Waals surface area contributed by atoms with Gasteiger partial charge in [-0.05, 0) is 17.7 Å². The maximum absolute atomic E-state index is 13.2. The maximum atomic E-state index is 13.2. The molecule has 1 N–H and O–H groups in total. The van der Waals surface area contributed by atoms with Gasteiger partial charge in [0.25, 0.3) is 0 Å². The molecule has 24 heavy (non-hydrogen) atoms. The molecule has 0 atom stereocenters. The van der Waals surface area contributed by atoms with Crippen LogP contribution in [0.3, 0.4) is 0 Å². The predicted molar refractivity (Wildman–Crippen MR) is 80.3 cm³/mol. The van der Waals surface area contributed by atoms with E-state index in [0.717, 1.165) is 11.0 Å². The lowest BCUT2D eigenvalue weighted by atomic mass is 9.96. The lowest BCUT2D eigenvalue weighted by molar-refractivity contribution is -0.140. The molecule has 0 unspecified atom stereocenters. The van der Waals surface area contributed by atoms with E-state index in [1.165, 1.54) is 13.1 Å². The van der Waals surface area contributed by atoms with Crippen molar-refractivity contribution in [2.75, 3.05) is 13.6 Å². The Kier molecular flexibility index (Phi) is 5.97. The van der Waals surface area contributed by atoms with Crippen molar-refractivity contribution in [1.82, 2.24) is 10.2 Å². The molecular formula is C16H20F4N2O2. The molecule has 0 aliphatic carbocycles. The Morgan fingerprint density at radius 3 is 2.25 bits per heavy atom. The highest BCUT2D eigenvalue weighted by molar-refractivity contribution is 5.87. The van der Waals surface area contributed by atoms with Gasteiger partial charge >= 0.3 is 6.18 Å². The third-order valence-corrected chi connectivity index (χ3v) is 3.26. The van der Waals surface area contributed by atoms with Gasteiger partial charge in [-0.2, -0.15) is 13.2 Å². The minimum Gasteiger partial charge on any atom is -0.347 e. The van der Waals surface area contributed by atoms with E-state index in [2.05, 4.69) is 5.32 Å². The molecule has 0 spiro atoms. The molecule has 0 aliphatic rings. The van der Waals surface area contributed by atoms with Gasteiger partial charge in [0.2, 0.25) is 11.8 Å². The van der Waals surface area contributed by atoms with E-state index < -0.39 is 28.9 Å². The number of carbonyl (C=O) groups is 2. The van der Waals surface area contributed by atoms with Crippen molar-refractivity contribution >= 4 is 11.8 Å². The first kappa shape index (κ1) is 19.9. The van der Waals surface area contributed by atoms with Crippen LogP contribution in [0, 0.1) is 11.2 Å². The van der Waals surface area contributed by atoms with Crippen LogP contribution in [0.2, 0.25) is 0 Å². The lowest BCUT2D eigenvalue weighted by Crippen LogP contribution is -2.42. The van der Waals surface area contributed by atoms with E-state index >= 15 is 0 Å². The highest BCUT2D eigenvalue weighted by Crippen LogP contribution is 2.32. The van der Waals surface area contributed by atoms with Gasteiger partial charge in [-0.1, -0.05) is 26.8 Å². The number of hydrogen-bond acceptors (Lipinski definition) is 2. The van der Waals surface area contributed by atoms with Crippen LogP contribution in [-0.4, -0.2) is 30.3 Å². The summed E-state index contributed by atoms with van der Waals surface area (Å²) in [5.41, 5.74) is -1.89. The van der Waals surface area contributed by atoms with E-state index in [0.29, 0.717) is 6.07 Å². The number of nitrogens with zero attached hydrogens (tertiary/aromatic N) is 1. The molecule has 0 aromatic heterocycles. The summed E-state index contributed by atoms with van der Waals surface area (Å²) in [6, 6.07) is 2.58. The number of halogens is 4. The van der Waals surface area contributed by atoms with Gasteiger partial charge in [-0.25, -0.2) is 4.39 Å². The fraction of sp³-hybridized carbons (Fsp3) is 0.500. The molecule has 4 nitrogen and oxygen atoms in total. The second kappa shape index (κ2) is 7.19. The lowest BCUT2D eigenvalue weighted by Gasteiger charge is -2.21. The van der Waals surface area contributed by atoms with Crippen LogP contribution in [-0.2, 0) is 22.3 Å². The van der Waals surface area contributed by atoms with Crippen LogP contribution in [0.15, 0.2) is 18.2 Å². The average molecular weight is 348 g/mol. The third-order valence-electron chi connectivity index (χ3n) is 3.26. The number of hydrogen-bond donors (Lipinski definition) is 1. The van der Waals surface area contributed by atoms with Gasteiger partial charge in [0.15, 0.2) is 0 Å². The summed E-state index contributed by atoms with van der Waals surface area (Å²) < 4.78 is 51.3. The standard InChI is InChI=1S/C16H20F4N2O2/c1-15(2,3)14(24)21-8-13(23)22(4)9-10-5-6-12(17)11(7-10)16(18,19)20/h5-7H,8-9H2,1-4H3,(H,21,24). The van der Waals surface area contributed by atoms with Gasteiger partial charge in [0, 0.05) is 19.0 Å². The number of alkyl halides is 3. The number of benzene rings is 1. The molecule has 0 aliphatic heterocycles. The summed E-state index contributed by atoms with van der Waals surface area (Å²) in [6.45, 7) is 4.67. The monoisotopic (exact) mass is 348 g/mol. The predicted octanol–water partition coefficient (Wildman–Crippen LogP) is 2.97. The first-order chi connectivity index (χ1) is 10.8. The largest absolute Gasteiger partial charge is 0.419 e. The van der Waals surface area contributed by atoms with Crippen molar-refractivity contribution in [1.29, 1.82) is 0 Å². The minimum atomic E-state index is -4.80. The molecule has 0 saturated heterocycles. The summed E-state index contributed by atoms with van der Waals surface area (Å²) in [6.07, 6.45) is -4.80. The van der Waals surface area contributed by atoms with E-state index in [1.807, 2.05) is 0 Å². The Labute approximate surface area is 137 Å². The first-order valence-electron chi connectivity index (χ1n) is 7.20. The number of nitrogens with one attached hydrogen (secondary N) is 1. The quantitative estimate of drug-likeness (QED) is 0.851. The molecule has 0 bridgehead atoms. The molecule has 0 fully saturated rings. The SMILES string of the molecule is CN(Cc1ccc(F)c(C(F)(F)F)c1)C(=O)CNC(=O)C(C)(C)C. The van der Waals surface area contributed by atoms with Crippen molar-refractivity contribution in [3.05, 3.63) is 35.1 Å². The van der Waals surface area contributed by atoms with E-state index in [1.54, 1.807) is 20.8 Å². The zero-order valence-electron chi connectivity index (χ0n) is 13.9. The molecule has 8 heteroatoms. The summed E-state index contributed by atoms with van der Waals surface area (Å²) in [7, 11) is 1.39. The summed E-state index contributed by atoms with van der Waals surface area (Å²) in [5.74, 6) is -2.14. The fourth-order valence-corrected chi connectivity index (χ4v) is 1.81. The van der Waals surface area contributed by atoms with Crippen molar-refractivity contribution < 1.29 is 27.2 Å². The summed E-state index contributed by atoms with van der Waals surface area (Å²) >= 11 is 0. The third kappa shape index (κ3) is 5.50. The summed E-state index contributed by atoms with van der Waals surface area (Å²) in [5, 5.41) is 2.46. The zero-order valence-corrected chi connectivity index (χ0v) is 13.9. The smallest absolute Gasteiger partial charge is 0.347 e. The van der Waals surface area contributed by atoms with Crippen LogP contribution in [0.5, 0.6) is 0 Å². The molecule has 0 radical (unpaired) electrons. The molecular weight excluding hydrogens is 328 g/mol. The Hall–Kier alpha value is -2.12. The number of amides is 2. The van der Waals surface area contributed by atoms with Crippen LogP contribution in [0.1, 0.15) is 31.9 Å². The maximum Gasteiger partial charge on any atom is 0.419 e. The van der Waals surface area contributed by atoms with Crippen molar-refractivity contribution in [3.8, 4) is 0 Å². The second-order valence-electron chi connectivity index (χ2n) is 6.49. The zero-order chi connectivity index (χ0) is 18.7. The topological polar surface area (TPSA) is 49.4 Å². The van der Waals surface area contributed by atoms with Crippen molar-refractivity contribution in [2.24, 2.45) is 5.41 Å². The van der Waals surface area contributed by atoms with Crippen molar-refractivity contribution in [3.63, 3.8) is 0 Å². The van der Waals surface area contributed by atoms with Crippen LogP contribution in [0.25, 0.3) is 0 Å². The Bertz CT molecular complexity index is 621. The van der Waals surface area contributed by atoms with Gasteiger partial charge in [0.1, 0.15) is 5.82 Å². The van der Waals surface area contributed by atoms with E-state index in [4.69, 9.17) is 0 Å². The number of rotatable bonds is 4. The average Bonchev–Trinajstić information content (AvgIpc) is 2.43. The molecule has 1 aromatic rings. The number of likely N-dealkylation sites (N-methyl/N-ethyl adjacent to an activating group) is 1. The molecule has 1 aromatic carbocycles. The first-order valence-corrected chi connectivity index (χ1v) is 7.20. The van der Waals surface area contributed by atoms with Crippen LogP contribution >= 0.6 is 0 Å². The molecule has 1 rings (SSSR count). The molecule has 0 saturated carbocycles.